The van der Waals surface area contributed by atoms with Crippen molar-refractivity contribution in [1.82, 2.24) is 4.98 Å². The number of carbonyl (C=O) groups is 1. The first kappa shape index (κ1) is 16.3. The monoisotopic (exact) mass is 339 g/mol. The molecule has 0 bridgehead atoms. The molecule has 0 radical (unpaired) electrons. The first-order valence-corrected chi connectivity index (χ1v) is 8.43. The molecule has 1 heterocycles. The SMILES string of the molecule is COc1ccc(C(=O)CSc2ccnc3ccccc23)c(OC)c1. The van der Waals surface area contributed by atoms with Gasteiger partial charge in [-0.15, -0.1) is 11.8 Å². The highest BCUT2D eigenvalue weighted by Gasteiger charge is 2.14. The molecule has 0 amide bonds. The van der Waals surface area contributed by atoms with Crippen LogP contribution in [0.5, 0.6) is 11.5 Å². The molecule has 0 N–H and O–H groups in total. The predicted molar refractivity (Wildman–Crippen MR) is 96.3 cm³/mol. The highest BCUT2D eigenvalue weighted by molar-refractivity contribution is 8.00. The fourth-order valence-electron chi connectivity index (χ4n) is 2.45. The molecule has 1 aromatic heterocycles. The molecule has 5 heteroatoms. The molecule has 24 heavy (non-hydrogen) atoms. The number of carbonyl (C=O) groups excluding carboxylic acids is 1. The van der Waals surface area contributed by atoms with Crippen LogP contribution in [0.15, 0.2) is 59.6 Å². The zero-order chi connectivity index (χ0) is 16.9. The Kier molecular flexibility index (Phi) is 5.01. The number of hydrogen-bond donors (Lipinski definition) is 0. The van der Waals surface area contributed by atoms with E-state index in [1.807, 2.05) is 30.3 Å². The minimum Gasteiger partial charge on any atom is -0.497 e. The molecule has 0 aliphatic carbocycles. The van der Waals surface area contributed by atoms with Crippen LogP contribution in [0.2, 0.25) is 0 Å². The Morgan fingerprint density at radius 1 is 1.08 bits per heavy atom. The zero-order valence-corrected chi connectivity index (χ0v) is 14.3. The first-order valence-electron chi connectivity index (χ1n) is 7.44. The molecular formula is C19H17NO3S. The van der Waals surface area contributed by atoms with Crippen LogP contribution in [-0.4, -0.2) is 30.7 Å². The van der Waals surface area contributed by atoms with E-state index in [0.29, 0.717) is 22.8 Å². The normalized spacial score (nSPS) is 10.6. The third kappa shape index (κ3) is 3.36. The number of ether oxygens (including phenoxy) is 2. The lowest BCUT2D eigenvalue weighted by atomic mass is 10.1. The quantitative estimate of drug-likeness (QED) is 0.497. The summed E-state index contributed by atoms with van der Waals surface area (Å²) in [6.07, 6.45) is 1.77. The molecule has 4 nitrogen and oxygen atoms in total. The van der Waals surface area contributed by atoms with Crippen molar-refractivity contribution in [2.24, 2.45) is 0 Å². The van der Waals surface area contributed by atoms with Gasteiger partial charge in [-0.1, -0.05) is 18.2 Å². The average Bonchev–Trinajstić information content (AvgIpc) is 2.65. The van der Waals surface area contributed by atoms with Gasteiger partial charge in [-0.25, -0.2) is 0 Å². The van der Waals surface area contributed by atoms with Gasteiger partial charge < -0.3 is 9.47 Å². The average molecular weight is 339 g/mol. The van der Waals surface area contributed by atoms with E-state index >= 15 is 0 Å². The Morgan fingerprint density at radius 2 is 1.92 bits per heavy atom. The summed E-state index contributed by atoms with van der Waals surface area (Å²) in [7, 11) is 3.13. The summed E-state index contributed by atoms with van der Waals surface area (Å²) in [6, 6.07) is 15.1. The maximum atomic E-state index is 12.6. The van der Waals surface area contributed by atoms with Crippen LogP contribution in [0, 0.1) is 0 Å². The van der Waals surface area contributed by atoms with Crippen LogP contribution in [0.4, 0.5) is 0 Å². The number of Topliss-reactive ketones (excluding diaryl/α,β-unsaturated/α-hetero) is 1. The smallest absolute Gasteiger partial charge is 0.176 e. The lowest BCUT2D eigenvalue weighted by Crippen LogP contribution is -2.05. The largest absolute Gasteiger partial charge is 0.497 e. The minimum absolute atomic E-state index is 0.0143. The highest BCUT2D eigenvalue weighted by Crippen LogP contribution is 2.29. The lowest BCUT2D eigenvalue weighted by Gasteiger charge is -2.10. The van der Waals surface area contributed by atoms with Crippen LogP contribution in [0.3, 0.4) is 0 Å². The second-order valence-corrected chi connectivity index (χ2v) is 6.12. The maximum Gasteiger partial charge on any atom is 0.176 e. The Balaban J connectivity index is 1.80. The van der Waals surface area contributed by atoms with Crippen LogP contribution in [0.25, 0.3) is 10.9 Å². The summed E-state index contributed by atoms with van der Waals surface area (Å²) >= 11 is 1.51. The number of fused-ring (bicyclic) bond motifs is 1. The standard InChI is InChI=1S/C19H17NO3S/c1-22-13-7-8-15(18(11-13)23-2)17(21)12-24-19-9-10-20-16-6-4-3-5-14(16)19/h3-11H,12H2,1-2H3. The van der Waals surface area contributed by atoms with Crippen molar-refractivity contribution in [3.8, 4) is 11.5 Å². The number of aromatic nitrogens is 1. The van der Waals surface area contributed by atoms with Gasteiger partial charge in [-0.05, 0) is 24.3 Å². The van der Waals surface area contributed by atoms with Gasteiger partial charge in [0.05, 0.1) is 31.1 Å². The molecule has 3 rings (SSSR count). The van der Waals surface area contributed by atoms with E-state index in [-0.39, 0.29) is 5.78 Å². The van der Waals surface area contributed by atoms with Crippen molar-refractivity contribution in [1.29, 1.82) is 0 Å². The Morgan fingerprint density at radius 3 is 2.71 bits per heavy atom. The maximum absolute atomic E-state index is 12.6. The first-order chi connectivity index (χ1) is 11.7. The van der Waals surface area contributed by atoms with Gasteiger partial charge in [0.2, 0.25) is 0 Å². The topological polar surface area (TPSA) is 48.4 Å². The number of para-hydroxylation sites is 1. The third-order valence-corrected chi connectivity index (χ3v) is 4.75. The van der Waals surface area contributed by atoms with Crippen molar-refractivity contribution in [2.75, 3.05) is 20.0 Å². The molecule has 0 saturated heterocycles. The van der Waals surface area contributed by atoms with Crippen molar-refractivity contribution < 1.29 is 14.3 Å². The fraction of sp³-hybridized carbons (Fsp3) is 0.158. The summed E-state index contributed by atoms with van der Waals surface area (Å²) in [5.74, 6) is 1.53. The fourth-order valence-corrected chi connectivity index (χ4v) is 3.37. The lowest BCUT2D eigenvalue weighted by molar-refractivity contribution is 0.101. The summed E-state index contributed by atoms with van der Waals surface area (Å²) in [5, 5.41) is 1.06. The number of ketones is 1. The van der Waals surface area contributed by atoms with E-state index in [1.54, 1.807) is 38.6 Å². The van der Waals surface area contributed by atoms with Gasteiger partial charge in [0.1, 0.15) is 11.5 Å². The van der Waals surface area contributed by atoms with Crippen molar-refractivity contribution in [3.63, 3.8) is 0 Å². The van der Waals surface area contributed by atoms with Crippen LogP contribution >= 0.6 is 11.8 Å². The number of nitrogens with zero attached hydrogens (tertiary/aromatic N) is 1. The number of benzene rings is 2. The minimum atomic E-state index is 0.0143. The Hall–Kier alpha value is -2.53. The molecule has 3 aromatic rings. The molecule has 0 spiro atoms. The Bertz CT molecular complexity index is 874. The van der Waals surface area contributed by atoms with Gasteiger partial charge in [0.15, 0.2) is 5.78 Å². The van der Waals surface area contributed by atoms with Gasteiger partial charge >= 0.3 is 0 Å². The molecule has 122 valence electrons. The summed E-state index contributed by atoms with van der Waals surface area (Å²) in [6.45, 7) is 0. The van der Waals surface area contributed by atoms with E-state index in [1.165, 1.54) is 11.8 Å². The number of hydrogen-bond acceptors (Lipinski definition) is 5. The zero-order valence-electron chi connectivity index (χ0n) is 13.5. The molecular weight excluding hydrogens is 322 g/mol. The molecule has 2 aromatic carbocycles. The third-order valence-electron chi connectivity index (χ3n) is 3.68. The number of pyridine rings is 1. The highest BCUT2D eigenvalue weighted by atomic mass is 32.2. The van der Waals surface area contributed by atoms with Crippen molar-refractivity contribution in [3.05, 3.63) is 60.3 Å². The van der Waals surface area contributed by atoms with E-state index in [2.05, 4.69) is 4.98 Å². The molecule has 0 aliphatic rings. The second-order valence-electron chi connectivity index (χ2n) is 5.10. The molecule has 0 saturated carbocycles. The molecule has 0 fully saturated rings. The van der Waals surface area contributed by atoms with Crippen LogP contribution in [0.1, 0.15) is 10.4 Å². The van der Waals surface area contributed by atoms with Crippen LogP contribution < -0.4 is 9.47 Å². The molecule has 0 aliphatic heterocycles. The van der Waals surface area contributed by atoms with Crippen molar-refractivity contribution >= 4 is 28.4 Å². The number of thioether (sulfide) groups is 1. The van der Waals surface area contributed by atoms with Crippen molar-refractivity contribution in [2.45, 2.75) is 4.90 Å². The van der Waals surface area contributed by atoms with E-state index in [4.69, 9.17) is 9.47 Å². The number of rotatable bonds is 6. The van der Waals surface area contributed by atoms with Gasteiger partial charge in [-0.3, -0.25) is 9.78 Å². The summed E-state index contributed by atoms with van der Waals surface area (Å²) < 4.78 is 10.5. The van der Waals surface area contributed by atoms with E-state index < -0.39 is 0 Å². The van der Waals surface area contributed by atoms with E-state index in [9.17, 15) is 4.79 Å². The van der Waals surface area contributed by atoms with Crippen LogP contribution in [-0.2, 0) is 0 Å². The van der Waals surface area contributed by atoms with Gasteiger partial charge in [-0.2, -0.15) is 0 Å². The van der Waals surface area contributed by atoms with Gasteiger partial charge in [0, 0.05) is 22.5 Å². The molecule has 0 unspecified atom stereocenters. The summed E-state index contributed by atoms with van der Waals surface area (Å²) in [4.78, 5) is 18.0. The molecule has 0 atom stereocenters. The van der Waals surface area contributed by atoms with E-state index in [0.717, 1.165) is 15.8 Å². The number of methoxy groups -OCH3 is 2. The predicted octanol–water partition coefficient (Wildman–Crippen LogP) is 4.23. The second kappa shape index (κ2) is 7.36. The Labute approximate surface area is 144 Å². The van der Waals surface area contributed by atoms with Gasteiger partial charge in [0.25, 0.3) is 0 Å². The summed E-state index contributed by atoms with van der Waals surface area (Å²) in [5.41, 5.74) is 1.49.